The number of hydrogen-bond donors (Lipinski definition) is 1. The van der Waals surface area contributed by atoms with E-state index in [0.29, 0.717) is 18.5 Å². The maximum absolute atomic E-state index is 12.0. The molecule has 1 saturated heterocycles. The van der Waals surface area contributed by atoms with Crippen molar-refractivity contribution in [2.75, 3.05) is 32.1 Å². The highest BCUT2D eigenvalue weighted by Crippen LogP contribution is 2.22. The highest BCUT2D eigenvalue weighted by Gasteiger charge is 2.22. The largest absolute Gasteiger partial charge is 0.347 e. The molecule has 1 aromatic carbocycles. The van der Waals surface area contributed by atoms with Gasteiger partial charge in [-0.2, -0.15) is 0 Å². The predicted molar refractivity (Wildman–Crippen MR) is 79.1 cm³/mol. The second-order valence-corrected chi connectivity index (χ2v) is 5.17. The Morgan fingerprint density at radius 3 is 2.71 bits per heavy atom. The fourth-order valence-electron chi connectivity index (χ4n) is 2.15. The van der Waals surface area contributed by atoms with Crippen molar-refractivity contribution in [3.8, 4) is 0 Å². The molecule has 0 spiro atoms. The summed E-state index contributed by atoms with van der Waals surface area (Å²) in [6.45, 7) is 0.641. The number of anilines is 1. The summed E-state index contributed by atoms with van der Waals surface area (Å²) in [6, 6.07) is 6.90. The average Bonchev–Trinajstić information content (AvgIpc) is 2.90. The van der Waals surface area contributed by atoms with E-state index < -0.39 is 0 Å². The van der Waals surface area contributed by atoms with Gasteiger partial charge in [0, 0.05) is 38.3 Å². The van der Waals surface area contributed by atoms with E-state index in [1.807, 2.05) is 6.07 Å². The third kappa shape index (κ3) is 3.59. The average molecular weight is 289 g/mol. The molecule has 0 atom stereocenters. The molecule has 0 aliphatic carbocycles. The molecule has 0 bridgehead atoms. The van der Waals surface area contributed by atoms with Gasteiger partial charge < -0.3 is 15.1 Å². The van der Waals surface area contributed by atoms with Crippen LogP contribution in [-0.4, -0.2) is 49.8 Å². The van der Waals surface area contributed by atoms with Gasteiger partial charge in [-0.3, -0.25) is 14.4 Å². The molecule has 2 rings (SSSR count). The number of hydrogen-bond acceptors (Lipinski definition) is 3. The molecule has 0 aromatic heterocycles. The van der Waals surface area contributed by atoms with Gasteiger partial charge in [-0.05, 0) is 24.6 Å². The second kappa shape index (κ2) is 6.39. The molecule has 1 aliphatic rings. The Morgan fingerprint density at radius 1 is 1.33 bits per heavy atom. The fraction of sp³-hybridized carbons (Fsp3) is 0.400. The highest BCUT2D eigenvalue weighted by atomic mass is 16.2. The number of rotatable bonds is 4. The van der Waals surface area contributed by atoms with Gasteiger partial charge in [-0.1, -0.05) is 6.07 Å². The molecule has 1 aliphatic heterocycles. The number of carbonyl (C=O) groups is 3. The number of likely N-dealkylation sites (N-methyl/N-ethyl adjacent to an activating group) is 1. The zero-order valence-electron chi connectivity index (χ0n) is 12.3. The Morgan fingerprint density at radius 2 is 2.10 bits per heavy atom. The van der Waals surface area contributed by atoms with Crippen molar-refractivity contribution in [2.24, 2.45) is 0 Å². The molecule has 1 heterocycles. The van der Waals surface area contributed by atoms with Crippen molar-refractivity contribution < 1.29 is 14.4 Å². The van der Waals surface area contributed by atoms with Crippen LogP contribution in [0.4, 0.5) is 5.69 Å². The minimum absolute atomic E-state index is 0.0430. The van der Waals surface area contributed by atoms with Crippen LogP contribution >= 0.6 is 0 Å². The molecule has 6 heteroatoms. The van der Waals surface area contributed by atoms with Gasteiger partial charge in [-0.15, -0.1) is 0 Å². The van der Waals surface area contributed by atoms with Crippen molar-refractivity contribution in [3.05, 3.63) is 29.8 Å². The molecular weight excluding hydrogens is 270 g/mol. The molecule has 1 aromatic rings. The SMILES string of the molecule is CN(C)C(=O)CNC(=O)c1cccc(N2CCCC2=O)c1. The van der Waals surface area contributed by atoms with Crippen molar-refractivity contribution in [1.29, 1.82) is 0 Å². The first-order valence-corrected chi connectivity index (χ1v) is 6.88. The summed E-state index contributed by atoms with van der Waals surface area (Å²) in [7, 11) is 3.27. The third-order valence-electron chi connectivity index (χ3n) is 3.39. The lowest BCUT2D eigenvalue weighted by Gasteiger charge is -2.16. The lowest BCUT2D eigenvalue weighted by molar-refractivity contribution is -0.127. The normalized spacial score (nSPS) is 14.2. The van der Waals surface area contributed by atoms with Crippen LogP contribution in [0.1, 0.15) is 23.2 Å². The van der Waals surface area contributed by atoms with Gasteiger partial charge in [-0.25, -0.2) is 0 Å². The maximum Gasteiger partial charge on any atom is 0.251 e. The van der Waals surface area contributed by atoms with Crippen LogP contribution in [0.2, 0.25) is 0 Å². The number of carbonyl (C=O) groups excluding carboxylic acids is 3. The van der Waals surface area contributed by atoms with Crippen LogP contribution in [0.15, 0.2) is 24.3 Å². The molecule has 1 N–H and O–H groups in total. The van der Waals surface area contributed by atoms with E-state index >= 15 is 0 Å². The van der Waals surface area contributed by atoms with E-state index in [4.69, 9.17) is 0 Å². The van der Waals surface area contributed by atoms with E-state index in [-0.39, 0.29) is 24.3 Å². The lowest BCUT2D eigenvalue weighted by atomic mass is 10.1. The topological polar surface area (TPSA) is 69.7 Å². The zero-order chi connectivity index (χ0) is 15.4. The summed E-state index contributed by atoms with van der Waals surface area (Å²) >= 11 is 0. The van der Waals surface area contributed by atoms with E-state index in [1.54, 1.807) is 37.2 Å². The van der Waals surface area contributed by atoms with Crippen molar-refractivity contribution in [3.63, 3.8) is 0 Å². The first-order valence-electron chi connectivity index (χ1n) is 6.88. The monoisotopic (exact) mass is 289 g/mol. The minimum atomic E-state index is -0.321. The Balaban J connectivity index is 2.05. The van der Waals surface area contributed by atoms with E-state index in [9.17, 15) is 14.4 Å². The van der Waals surface area contributed by atoms with Crippen molar-refractivity contribution >= 4 is 23.4 Å². The first-order chi connectivity index (χ1) is 9.99. The van der Waals surface area contributed by atoms with Crippen LogP contribution in [-0.2, 0) is 9.59 Å². The van der Waals surface area contributed by atoms with Crippen molar-refractivity contribution in [1.82, 2.24) is 10.2 Å². The molecule has 1 fully saturated rings. The van der Waals surface area contributed by atoms with Crippen LogP contribution in [0.25, 0.3) is 0 Å². The summed E-state index contributed by atoms with van der Waals surface area (Å²) in [5, 5.41) is 2.58. The van der Waals surface area contributed by atoms with Gasteiger partial charge >= 0.3 is 0 Å². The van der Waals surface area contributed by atoms with Crippen LogP contribution in [0.3, 0.4) is 0 Å². The highest BCUT2D eigenvalue weighted by molar-refractivity contribution is 6.00. The molecule has 6 nitrogen and oxygen atoms in total. The number of amides is 3. The van der Waals surface area contributed by atoms with Crippen LogP contribution in [0.5, 0.6) is 0 Å². The molecule has 0 unspecified atom stereocenters. The summed E-state index contributed by atoms with van der Waals surface area (Å²) in [6.07, 6.45) is 1.39. The summed E-state index contributed by atoms with van der Waals surface area (Å²) in [4.78, 5) is 38.3. The standard InChI is InChI=1S/C15H19N3O3/c1-17(2)14(20)10-16-15(21)11-5-3-6-12(9-11)18-8-4-7-13(18)19/h3,5-6,9H,4,7-8,10H2,1-2H3,(H,16,21). The molecular formula is C15H19N3O3. The molecule has 3 amide bonds. The van der Waals surface area contributed by atoms with Crippen LogP contribution in [0, 0.1) is 0 Å². The van der Waals surface area contributed by atoms with Gasteiger partial charge in [0.1, 0.15) is 0 Å². The second-order valence-electron chi connectivity index (χ2n) is 5.17. The minimum Gasteiger partial charge on any atom is -0.347 e. The number of nitrogens with zero attached hydrogens (tertiary/aromatic N) is 2. The van der Waals surface area contributed by atoms with E-state index in [2.05, 4.69) is 5.32 Å². The Labute approximate surface area is 123 Å². The summed E-state index contributed by atoms with van der Waals surface area (Å²) in [5.74, 6) is -0.414. The zero-order valence-corrected chi connectivity index (χ0v) is 12.3. The Bertz CT molecular complexity index is 569. The summed E-state index contributed by atoms with van der Waals surface area (Å²) in [5.41, 5.74) is 1.17. The molecule has 0 radical (unpaired) electrons. The van der Waals surface area contributed by atoms with Gasteiger partial charge in [0.05, 0.1) is 6.54 Å². The Hall–Kier alpha value is -2.37. The lowest BCUT2D eigenvalue weighted by Crippen LogP contribution is -2.36. The number of nitrogens with one attached hydrogen (secondary N) is 1. The maximum atomic E-state index is 12.0. The van der Waals surface area contributed by atoms with E-state index in [0.717, 1.165) is 12.1 Å². The first kappa shape index (κ1) is 15.0. The van der Waals surface area contributed by atoms with Gasteiger partial charge in [0.25, 0.3) is 5.91 Å². The molecule has 0 saturated carbocycles. The van der Waals surface area contributed by atoms with Crippen molar-refractivity contribution in [2.45, 2.75) is 12.8 Å². The van der Waals surface area contributed by atoms with Gasteiger partial charge in [0.15, 0.2) is 0 Å². The third-order valence-corrected chi connectivity index (χ3v) is 3.39. The summed E-state index contributed by atoms with van der Waals surface area (Å²) < 4.78 is 0. The smallest absolute Gasteiger partial charge is 0.251 e. The molecule has 21 heavy (non-hydrogen) atoms. The number of benzene rings is 1. The molecule has 112 valence electrons. The van der Waals surface area contributed by atoms with Gasteiger partial charge in [0.2, 0.25) is 11.8 Å². The fourth-order valence-corrected chi connectivity index (χ4v) is 2.15. The van der Waals surface area contributed by atoms with Crippen LogP contribution < -0.4 is 10.2 Å². The Kier molecular flexibility index (Phi) is 4.57. The predicted octanol–water partition coefficient (Wildman–Crippen LogP) is 0.631. The van der Waals surface area contributed by atoms with E-state index in [1.165, 1.54) is 4.90 Å². The quantitative estimate of drug-likeness (QED) is 0.884.